The van der Waals surface area contributed by atoms with E-state index in [0.717, 1.165) is 0 Å². The molecule has 0 aliphatic heterocycles. The van der Waals surface area contributed by atoms with Crippen LogP contribution in [-0.4, -0.2) is 44.4 Å². The fraction of sp³-hybridized carbons (Fsp3) is 0.225. The summed E-state index contributed by atoms with van der Waals surface area (Å²) in [5, 5.41) is 42.7. The highest BCUT2D eigenvalue weighted by Gasteiger charge is 2.22. The van der Waals surface area contributed by atoms with Crippen LogP contribution in [0.25, 0.3) is 0 Å². The van der Waals surface area contributed by atoms with E-state index in [-0.39, 0.29) is 27.2 Å². The van der Waals surface area contributed by atoms with Crippen LogP contribution in [0, 0.1) is 12.1 Å². The molecule has 0 aliphatic carbocycles. The number of urea groups is 2. The van der Waals surface area contributed by atoms with Crippen LogP contribution in [0.3, 0.4) is 0 Å². The molecule has 6 N–H and O–H groups in total. The first kappa shape index (κ1) is 42.8. The Labute approximate surface area is 343 Å². The Morgan fingerprint density at radius 1 is 0.610 bits per heavy atom. The highest BCUT2D eigenvalue weighted by Crippen LogP contribution is 2.26. The lowest BCUT2D eigenvalue weighted by molar-refractivity contribution is -0.607. The molecule has 6 amide bonds. The Bertz CT molecular complexity index is 2440. The first-order valence-corrected chi connectivity index (χ1v) is 18.3. The van der Waals surface area contributed by atoms with Crippen LogP contribution in [0.2, 0.25) is 5.15 Å². The van der Waals surface area contributed by atoms with Crippen LogP contribution in [0.1, 0.15) is 79.6 Å². The molecule has 6 rings (SSSR count). The summed E-state index contributed by atoms with van der Waals surface area (Å²) in [6, 6.07) is 21.6. The standard InChI is InChI=1S/C20H21ClN6O3.C20H21N5O4/c1-11-9-14(17(21)26-25-11)18(28)22-12-5-7-13(8-6-12)23-19(29)24-16-10-15(30-27-16)20(2,3)4;1-20(2,3)16-12-17(24-29-16)23-19(27)22-14-9-7-13(8-10-14)21-18(26)15-6-4-5-11-25(15)28/h5-10H,1-4H3,(H,22,28)(H2,23,24,27,29);4-12H,1-3H3,(H,21,26)(H2,22,23,24,27). The lowest BCUT2D eigenvalue weighted by Gasteiger charge is -2.12. The van der Waals surface area contributed by atoms with Gasteiger partial charge in [-0.3, -0.25) is 20.2 Å². The number of pyridine rings is 1. The van der Waals surface area contributed by atoms with E-state index in [1.165, 1.54) is 18.3 Å². The minimum atomic E-state index is -0.528. The van der Waals surface area contributed by atoms with Gasteiger partial charge in [-0.1, -0.05) is 63.5 Å². The zero-order chi connectivity index (χ0) is 42.9. The topological polar surface area (TPSA) is 245 Å². The van der Waals surface area contributed by atoms with Gasteiger partial charge in [0, 0.05) is 57.8 Å². The van der Waals surface area contributed by atoms with Gasteiger partial charge in [0.15, 0.2) is 23.0 Å². The minimum absolute atomic E-state index is 0.0173. The summed E-state index contributed by atoms with van der Waals surface area (Å²) < 4.78 is 10.9. The summed E-state index contributed by atoms with van der Waals surface area (Å²) in [6.45, 7) is 13.6. The fourth-order valence-corrected chi connectivity index (χ4v) is 5.02. The third-order valence-electron chi connectivity index (χ3n) is 7.96. The molecule has 0 spiro atoms. The molecular weight excluding hydrogens is 782 g/mol. The SMILES string of the molecule is CC(C)(C)c1cc(NC(=O)Nc2ccc(NC(=O)c3cccc[n+]3[O-])cc2)no1.Cc1cc(C(=O)Nc2ccc(NC(=O)Nc3cc(C(C)(C)C)on3)cc2)c(Cl)nn1. The van der Waals surface area contributed by atoms with Crippen molar-refractivity contribution in [2.45, 2.75) is 59.3 Å². The quantitative estimate of drug-likeness (QED) is 0.0632. The van der Waals surface area contributed by atoms with E-state index in [4.69, 9.17) is 20.6 Å². The maximum Gasteiger partial charge on any atom is 0.324 e. The molecule has 0 saturated carbocycles. The zero-order valence-corrected chi connectivity index (χ0v) is 33.9. The number of hydrogen-bond acceptors (Lipinski definition) is 11. The van der Waals surface area contributed by atoms with E-state index in [0.29, 0.717) is 56.3 Å². The van der Waals surface area contributed by atoms with E-state index in [2.05, 4.69) is 52.4 Å². The number of rotatable bonds is 8. The number of aromatic nitrogens is 5. The van der Waals surface area contributed by atoms with Gasteiger partial charge >= 0.3 is 18.0 Å². The Morgan fingerprint density at radius 2 is 1.05 bits per heavy atom. The lowest BCUT2D eigenvalue weighted by atomic mass is 9.93. The Hall–Kier alpha value is -7.34. The maximum atomic E-state index is 12.4. The van der Waals surface area contributed by atoms with Crippen molar-refractivity contribution in [3.8, 4) is 0 Å². The molecule has 0 radical (unpaired) electrons. The summed E-state index contributed by atoms with van der Waals surface area (Å²) in [4.78, 5) is 48.8. The Balaban J connectivity index is 0.000000224. The number of halogens is 1. The number of anilines is 6. The number of hydrogen-bond donors (Lipinski definition) is 6. The number of amides is 6. The van der Waals surface area contributed by atoms with Crippen molar-refractivity contribution in [2.24, 2.45) is 0 Å². The van der Waals surface area contributed by atoms with Gasteiger partial charge in [-0.25, -0.2) is 9.59 Å². The van der Waals surface area contributed by atoms with E-state index >= 15 is 0 Å². The predicted octanol–water partition coefficient (Wildman–Crippen LogP) is 8.12. The second kappa shape index (κ2) is 18.3. The van der Waals surface area contributed by atoms with Gasteiger partial charge in [0.2, 0.25) is 0 Å². The van der Waals surface area contributed by atoms with Gasteiger partial charge in [0.1, 0.15) is 11.5 Å². The summed E-state index contributed by atoms with van der Waals surface area (Å²) >= 11 is 5.93. The number of carbonyl (C=O) groups excluding carboxylic acids is 4. The second-order valence-electron chi connectivity index (χ2n) is 15.0. The van der Waals surface area contributed by atoms with Crippen molar-refractivity contribution >= 4 is 69.9 Å². The van der Waals surface area contributed by atoms with Crippen LogP contribution in [0.15, 0.2) is 100 Å². The molecule has 306 valence electrons. The number of benzene rings is 2. The predicted molar refractivity (Wildman–Crippen MR) is 222 cm³/mol. The maximum absolute atomic E-state index is 12.4. The monoisotopic (exact) mass is 823 g/mol. The molecule has 0 saturated heterocycles. The molecule has 2 aromatic carbocycles. The van der Waals surface area contributed by atoms with Crippen LogP contribution < -0.4 is 36.6 Å². The van der Waals surface area contributed by atoms with E-state index in [1.807, 2.05) is 41.5 Å². The molecule has 0 fully saturated rings. The van der Waals surface area contributed by atoms with Crippen molar-refractivity contribution in [2.75, 3.05) is 31.9 Å². The lowest BCUT2D eigenvalue weighted by Crippen LogP contribution is -2.36. The van der Waals surface area contributed by atoms with Crippen molar-refractivity contribution in [3.05, 3.63) is 130 Å². The third kappa shape index (κ3) is 12.3. The number of aryl methyl sites for hydroxylation is 1. The molecule has 0 aliphatic rings. The third-order valence-corrected chi connectivity index (χ3v) is 8.23. The van der Waals surface area contributed by atoms with E-state index in [9.17, 15) is 24.4 Å². The summed E-state index contributed by atoms with van der Waals surface area (Å²) in [5.74, 6) is 1.02. The average molecular weight is 824 g/mol. The second-order valence-corrected chi connectivity index (χ2v) is 15.3. The molecule has 4 aromatic heterocycles. The van der Waals surface area contributed by atoms with Gasteiger partial charge in [0.05, 0.1) is 11.3 Å². The van der Waals surface area contributed by atoms with Crippen molar-refractivity contribution in [3.63, 3.8) is 0 Å². The molecule has 0 bridgehead atoms. The molecular formula is C40H42ClN11O7. The van der Waals surface area contributed by atoms with Gasteiger partial charge in [-0.15, -0.1) is 5.10 Å². The average Bonchev–Trinajstić information content (AvgIpc) is 3.85. The summed E-state index contributed by atoms with van der Waals surface area (Å²) in [6.07, 6.45) is 1.25. The molecule has 59 heavy (non-hydrogen) atoms. The number of carbonyl (C=O) groups is 4. The molecule has 0 atom stereocenters. The largest absolute Gasteiger partial charge is 0.618 e. The molecule has 19 heteroatoms. The van der Waals surface area contributed by atoms with Crippen LogP contribution in [0.4, 0.5) is 44.0 Å². The zero-order valence-electron chi connectivity index (χ0n) is 33.1. The van der Waals surface area contributed by atoms with Gasteiger partial charge in [0.25, 0.3) is 11.6 Å². The van der Waals surface area contributed by atoms with E-state index < -0.39 is 23.9 Å². The first-order valence-electron chi connectivity index (χ1n) is 18.0. The molecule has 4 heterocycles. The Morgan fingerprint density at radius 3 is 1.47 bits per heavy atom. The van der Waals surface area contributed by atoms with Crippen LogP contribution in [0.5, 0.6) is 0 Å². The van der Waals surface area contributed by atoms with Crippen LogP contribution in [-0.2, 0) is 10.8 Å². The van der Waals surface area contributed by atoms with Crippen molar-refractivity contribution in [1.82, 2.24) is 20.5 Å². The van der Waals surface area contributed by atoms with Gasteiger partial charge in [-0.05, 0) is 67.6 Å². The van der Waals surface area contributed by atoms with Crippen LogP contribution >= 0.6 is 11.6 Å². The van der Waals surface area contributed by atoms with E-state index in [1.54, 1.807) is 79.7 Å². The summed E-state index contributed by atoms with van der Waals surface area (Å²) in [7, 11) is 0. The molecule has 0 unspecified atom stereocenters. The summed E-state index contributed by atoms with van der Waals surface area (Å²) in [5.41, 5.74) is 2.43. The minimum Gasteiger partial charge on any atom is -0.618 e. The van der Waals surface area contributed by atoms with Crippen molar-refractivity contribution in [1.29, 1.82) is 0 Å². The first-order chi connectivity index (χ1) is 27.8. The van der Waals surface area contributed by atoms with Gasteiger partial charge < -0.3 is 35.5 Å². The molecule has 6 aromatic rings. The number of nitrogens with one attached hydrogen (secondary N) is 6. The Kier molecular flexibility index (Phi) is 13.3. The highest BCUT2D eigenvalue weighted by molar-refractivity contribution is 6.33. The number of nitrogens with zero attached hydrogens (tertiary/aromatic N) is 5. The fourth-order valence-electron chi connectivity index (χ4n) is 4.84. The van der Waals surface area contributed by atoms with Crippen molar-refractivity contribution < 1.29 is 33.0 Å². The van der Waals surface area contributed by atoms with Gasteiger partial charge in [-0.2, -0.15) is 9.83 Å². The highest BCUT2D eigenvalue weighted by atomic mass is 35.5. The molecule has 18 nitrogen and oxygen atoms in total. The smallest absolute Gasteiger partial charge is 0.324 e. The normalized spacial score (nSPS) is 11.1.